The highest BCUT2D eigenvalue weighted by Gasteiger charge is 2.17. The van der Waals surface area contributed by atoms with Crippen LogP contribution < -0.4 is 0 Å². The Morgan fingerprint density at radius 3 is 2.64 bits per heavy atom. The second-order valence-electron chi connectivity index (χ2n) is 2.06. The van der Waals surface area contributed by atoms with Gasteiger partial charge in [-0.15, -0.1) is 0 Å². The van der Waals surface area contributed by atoms with Crippen LogP contribution in [0.25, 0.3) is 0 Å². The standard InChI is InChI=1S/C6H12O4S/c1-5(6(7)8)11(9)4-3-10-2/h5H,3-4H2,1-2H3,(H,7,8). The summed E-state index contributed by atoms with van der Waals surface area (Å²) < 4.78 is 15.7. The van der Waals surface area contributed by atoms with Crippen molar-refractivity contribution in [2.45, 2.75) is 12.2 Å². The Labute approximate surface area is 68.0 Å². The fraction of sp³-hybridized carbons (Fsp3) is 0.833. The first kappa shape index (κ1) is 10.6. The van der Waals surface area contributed by atoms with Gasteiger partial charge in [0.2, 0.25) is 0 Å². The molecule has 0 aliphatic rings. The largest absolute Gasteiger partial charge is 0.480 e. The molecule has 0 saturated heterocycles. The van der Waals surface area contributed by atoms with Crippen molar-refractivity contribution in [1.82, 2.24) is 0 Å². The molecule has 0 aromatic carbocycles. The summed E-state index contributed by atoms with van der Waals surface area (Å²) in [7, 11) is 0.169. The van der Waals surface area contributed by atoms with E-state index in [2.05, 4.69) is 4.74 Å². The van der Waals surface area contributed by atoms with Crippen molar-refractivity contribution in [2.75, 3.05) is 19.5 Å². The summed E-state index contributed by atoms with van der Waals surface area (Å²) in [5.74, 6) is -0.747. The lowest BCUT2D eigenvalue weighted by Gasteiger charge is -2.04. The Hall–Kier alpha value is -0.420. The van der Waals surface area contributed by atoms with Gasteiger partial charge in [0.15, 0.2) is 0 Å². The Morgan fingerprint density at radius 1 is 1.73 bits per heavy atom. The van der Waals surface area contributed by atoms with Gasteiger partial charge in [-0.25, -0.2) is 0 Å². The average molecular weight is 180 g/mol. The van der Waals surface area contributed by atoms with Gasteiger partial charge in [-0.3, -0.25) is 9.00 Å². The molecule has 0 amide bonds. The maximum Gasteiger partial charge on any atom is 0.318 e. The number of ether oxygens (including phenoxy) is 1. The van der Waals surface area contributed by atoms with E-state index in [9.17, 15) is 9.00 Å². The lowest BCUT2D eigenvalue weighted by atomic mass is 10.5. The molecule has 2 atom stereocenters. The second-order valence-corrected chi connectivity index (χ2v) is 3.93. The molecule has 0 bridgehead atoms. The Kier molecular flexibility index (Phi) is 5.06. The fourth-order valence-electron chi connectivity index (χ4n) is 0.455. The van der Waals surface area contributed by atoms with Gasteiger partial charge in [0.1, 0.15) is 5.25 Å². The Morgan fingerprint density at radius 2 is 2.27 bits per heavy atom. The van der Waals surface area contributed by atoms with E-state index in [1.54, 1.807) is 0 Å². The molecular formula is C6H12O4S. The number of hydrogen-bond acceptors (Lipinski definition) is 3. The molecule has 0 saturated carbocycles. The number of hydrogen-bond donors (Lipinski definition) is 1. The third kappa shape index (κ3) is 4.10. The minimum atomic E-state index is -1.32. The highest BCUT2D eigenvalue weighted by atomic mass is 32.2. The number of aliphatic carboxylic acids is 1. The van der Waals surface area contributed by atoms with Gasteiger partial charge >= 0.3 is 5.97 Å². The van der Waals surface area contributed by atoms with E-state index in [-0.39, 0.29) is 5.75 Å². The zero-order valence-corrected chi connectivity index (χ0v) is 7.39. The predicted molar refractivity (Wildman–Crippen MR) is 42.0 cm³/mol. The van der Waals surface area contributed by atoms with Crippen molar-refractivity contribution >= 4 is 16.8 Å². The highest BCUT2D eigenvalue weighted by Crippen LogP contribution is 1.95. The molecule has 4 nitrogen and oxygen atoms in total. The first-order valence-electron chi connectivity index (χ1n) is 3.18. The van der Waals surface area contributed by atoms with Gasteiger partial charge in [-0.05, 0) is 6.92 Å². The van der Waals surface area contributed by atoms with Crippen LogP contribution >= 0.6 is 0 Å². The maximum atomic E-state index is 11.0. The van der Waals surface area contributed by atoms with E-state index in [0.717, 1.165) is 0 Å². The van der Waals surface area contributed by atoms with Crippen LogP contribution in [0, 0.1) is 0 Å². The third-order valence-corrected chi connectivity index (χ3v) is 2.79. The van der Waals surface area contributed by atoms with Crippen molar-refractivity contribution in [1.29, 1.82) is 0 Å². The van der Waals surface area contributed by atoms with E-state index in [4.69, 9.17) is 5.11 Å². The van der Waals surface area contributed by atoms with Crippen molar-refractivity contribution in [3.05, 3.63) is 0 Å². The van der Waals surface area contributed by atoms with E-state index >= 15 is 0 Å². The van der Waals surface area contributed by atoms with Crippen LogP contribution in [0.1, 0.15) is 6.92 Å². The summed E-state index contributed by atoms with van der Waals surface area (Å²) in [5, 5.41) is 7.62. The van der Waals surface area contributed by atoms with Crippen LogP contribution in [0.2, 0.25) is 0 Å². The van der Waals surface area contributed by atoms with Gasteiger partial charge in [0.25, 0.3) is 0 Å². The lowest BCUT2D eigenvalue weighted by Crippen LogP contribution is -2.25. The molecule has 0 aliphatic heterocycles. The first-order valence-corrected chi connectivity index (χ1v) is 4.56. The van der Waals surface area contributed by atoms with Gasteiger partial charge in [-0.1, -0.05) is 0 Å². The summed E-state index contributed by atoms with van der Waals surface area (Å²) in [6.07, 6.45) is 0. The smallest absolute Gasteiger partial charge is 0.318 e. The van der Waals surface area contributed by atoms with Crippen LogP contribution in [0.4, 0.5) is 0 Å². The number of carboxylic acid groups (broad SMARTS) is 1. The quantitative estimate of drug-likeness (QED) is 0.639. The first-order chi connectivity index (χ1) is 5.09. The van der Waals surface area contributed by atoms with Gasteiger partial charge < -0.3 is 9.84 Å². The predicted octanol–water partition coefficient (Wildman–Crippen LogP) is -0.145. The number of carbonyl (C=O) groups is 1. The molecule has 0 fully saturated rings. The van der Waals surface area contributed by atoms with E-state index in [1.807, 2.05) is 0 Å². The molecule has 5 heteroatoms. The van der Waals surface area contributed by atoms with Crippen LogP contribution in [0.3, 0.4) is 0 Å². The lowest BCUT2D eigenvalue weighted by molar-refractivity contribution is -0.136. The van der Waals surface area contributed by atoms with Crippen LogP contribution in [-0.4, -0.2) is 40.0 Å². The molecule has 0 aliphatic carbocycles. The third-order valence-electron chi connectivity index (χ3n) is 1.23. The summed E-state index contributed by atoms with van der Waals surface area (Å²) in [6.45, 7) is 1.76. The number of carboxylic acids is 1. The molecule has 0 aromatic heterocycles. The molecule has 0 heterocycles. The highest BCUT2D eigenvalue weighted by molar-refractivity contribution is 7.86. The Balaban J connectivity index is 3.74. The van der Waals surface area contributed by atoms with E-state index in [0.29, 0.717) is 6.61 Å². The Bertz CT molecular complexity index is 157. The van der Waals surface area contributed by atoms with E-state index in [1.165, 1.54) is 14.0 Å². The van der Waals surface area contributed by atoms with Crippen molar-refractivity contribution in [3.63, 3.8) is 0 Å². The second kappa shape index (κ2) is 5.26. The van der Waals surface area contributed by atoms with Gasteiger partial charge in [0.05, 0.1) is 6.61 Å². The summed E-state index contributed by atoms with van der Waals surface area (Å²) in [4.78, 5) is 10.3. The zero-order chi connectivity index (χ0) is 8.85. The SMILES string of the molecule is COCCS(=O)C(C)C(=O)O. The summed E-state index contributed by atoms with van der Waals surface area (Å²) in [5.41, 5.74) is 0. The number of rotatable bonds is 5. The molecular weight excluding hydrogens is 168 g/mol. The molecule has 0 aromatic rings. The van der Waals surface area contributed by atoms with Gasteiger partial charge in [-0.2, -0.15) is 0 Å². The van der Waals surface area contributed by atoms with Gasteiger partial charge in [0, 0.05) is 23.7 Å². The number of methoxy groups -OCH3 is 1. The topological polar surface area (TPSA) is 63.6 Å². The molecule has 0 spiro atoms. The summed E-state index contributed by atoms with van der Waals surface area (Å²) in [6, 6.07) is 0. The minimum absolute atomic E-state index is 0.282. The van der Waals surface area contributed by atoms with Crippen LogP contribution in [-0.2, 0) is 20.3 Å². The molecule has 2 unspecified atom stereocenters. The minimum Gasteiger partial charge on any atom is -0.480 e. The van der Waals surface area contributed by atoms with Crippen LogP contribution in [0.15, 0.2) is 0 Å². The normalized spacial score (nSPS) is 15.8. The van der Waals surface area contributed by atoms with Crippen molar-refractivity contribution in [2.24, 2.45) is 0 Å². The fourth-order valence-corrected chi connectivity index (χ4v) is 1.36. The molecule has 66 valence electrons. The zero-order valence-electron chi connectivity index (χ0n) is 6.57. The van der Waals surface area contributed by atoms with Crippen molar-refractivity contribution < 1.29 is 18.8 Å². The molecule has 11 heavy (non-hydrogen) atoms. The van der Waals surface area contributed by atoms with Crippen LogP contribution in [0.5, 0.6) is 0 Å². The molecule has 0 radical (unpaired) electrons. The summed E-state index contributed by atoms with van der Waals surface area (Å²) >= 11 is 0. The van der Waals surface area contributed by atoms with E-state index < -0.39 is 22.0 Å². The average Bonchev–Trinajstić information content (AvgIpc) is 1.98. The molecule has 1 N–H and O–H groups in total. The van der Waals surface area contributed by atoms with Crippen molar-refractivity contribution in [3.8, 4) is 0 Å². The monoisotopic (exact) mass is 180 g/mol. The molecule has 0 rings (SSSR count). The maximum absolute atomic E-state index is 11.0.